The number of hydrogen-bond donors (Lipinski definition) is 1. The van der Waals surface area contributed by atoms with Crippen molar-refractivity contribution < 1.29 is 17.9 Å². The van der Waals surface area contributed by atoms with Crippen molar-refractivity contribution in [3.63, 3.8) is 0 Å². The fraction of sp³-hybridized carbons (Fsp3) is 0.545. The number of halogens is 3. The van der Waals surface area contributed by atoms with Crippen LogP contribution in [0.15, 0.2) is 12.1 Å². The second kappa shape index (κ2) is 7.34. The zero-order valence-corrected chi connectivity index (χ0v) is 11.7. The topological polar surface area (TPSA) is 64.3 Å². The number of ether oxygens (including phenoxy) is 1. The van der Waals surface area contributed by atoms with Gasteiger partial charge in [0.2, 0.25) is 0 Å². The molecule has 20 heavy (non-hydrogen) atoms. The Morgan fingerprint density at radius 3 is 2.50 bits per heavy atom. The van der Waals surface area contributed by atoms with Crippen molar-refractivity contribution in [2.45, 2.75) is 12.6 Å². The Labute approximate surface area is 119 Å². The van der Waals surface area contributed by atoms with Gasteiger partial charge >= 0.3 is 6.18 Å². The highest BCUT2D eigenvalue weighted by atomic mass is 32.1. The van der Waals surface area contributed by atoms with Crippen LogP contribution in [0.5, 0.6) is 0 Å². The summed E-state index contributed by atoms with van der Waals surface area (Å²) >= 11 is 4.78. The highest BCUT2D eigenvalue weighted by Crippen LogP contribution is 2.27. The predicted octanol–water partition coefficient (Wildman–Crippen LogP) is 1.62. The van der Waals surface area contributed by atoms with E-state index in [1.54, 1.807) is 4.90 Å². The number of anilines is 1. The first kappa shape index (κ1) is 16.6. The normalized spacial score (nSPS) is 11.4. The Kier molecular flexibility index (Phi) is 6.08. The first-order valence-corrected chi connectivity index (χ1v) is 6.18. The summed E-state index contributed by atoms with van der Waals surface area (Å²) in [6.45, 7) is 1.30. The number of nitrogens with two attached hydrogens (primary N) is 1. The van der Waals surface area contributed by atoms with Crippen molar-refractivity contribution in [2.75, 3.05) is 31.7 Å². The Morgan fingerprint density at radius 1 is 1.35 bits per heavy atom. The predicted molar refractivity (Wildman–Crippen MR) is 72.5 cm³/mol. The smallest absolute Gasteiger partial charge is 0.393 e. The van der Waals surface area contributed by atoms with Crippen LogP contribution in [0.1, 0.15) is 12.1 Å². The summed E-state index contributed by atoms with van der Waals surface area (Å²) in [4.78, 5) is 2.04. The lowest BCUT2D eigenvalue weighted by Gasteiger charge is -2.22. The maximum Gasteiger partial charge on any atom is 0.435 e. The molecule has 9 heteroatoms. The van der Waals surface area contributed by atoms with Gasteiger partial charge in [-0.3, -0.25) is 0 Å². The van der Waals surface area contributed by atoms with Crippen molar-refractivity contribution >= 4 is 23.0 Å². The van der Waals surface area contributed by atoms with Gasteiger partial charge in [0.15, 0.2) is 11.5 Å². The van der Waals surface area contributed by atoms with E-state index in [-0.39, 0.29) is 0 Å². The average molecular weight is 308 g/mol. The van der Waals surface area contributed by atoms with Crippen molar-refractivity contribution in [2.24, 2.45) is 5.73 Å². The molecule has 1 rings (SSSR count). The van der Waals surface area contributed by atoms with Crippen LogP contribution < -0.4 is 10.6 Å². The monoisotopic (exact) mass is 308 g/mol. The second-order valence-electron chi connectivity index (χ2n) is 3.97. The van der Waals surface area contributed by atoms with E-state index in [9.17, 15) is 13.2 Å². The molecule has 0 fully saturated rings. The van der Waals surface area contributed by atoms with Gasteiger partial charge in [-0.2, -0.15) is 13.2 Å². The molecule has 0 aliphatic carbocycles. The third-order valence-electron chi connectivity index (χ3n) is 2.46. The summed E-state index contributed by atoms with van der Waals surface area (Å²) < 4.78 is 42.2. The Hall–Kier alpha value is -1.48. The molecule has 0 radical (unpaired) electrons. The molecule has 0 aliphatic heterocycles. The molecule has 1 aromatic rings. The Balaban J connectivity index is 2.81. The molecule has 0 aromatic carbocycles. The number of hydrogen-bond acceptors (Lipinski definition) is 5. The summed E-state index contributed by atoms with van der Waals surface area (Å²) in [5.41, 5.74) is 4.39. The lowest BCUT2D eigenvalue weighted by Crippen LogP contribution is -2.31. The molecular weight excluding hydrogens is 293 g/mol. The van der Waals surface area contributed by atoms with E-state index in [1.807, 2.05) is 0 Å². The summed E-state index contributed by atoms with van der Waals surface area (Å²) in [6.07, 6.45) is -4.07. The molecule has 0 amide bonds. The molecule has 0 bridgehead atoms. The molecule has 1 heterocycles. The van der Waals surface area contributed by atoms with Crippen molar-refractivity contribution in [3.8, 4) is 0 Å². The lowest BCUT2D eigenvalue weighted by molar-refractivity contribution is -0.141. The van der Waals surface area contributed by atoms with Crippen LogP contribution in [0.3, 0.4) is 0 Å². The summed E-state index contributed by atoms with van der Waals surface area (Å²) in [5, 5.41) is 6.78. The zero-order chi connectivity index (χ0) is 15.2. The standard InChI is InChI=1S/C11H15F3N4OS/c1-19-7-6-18(5-4-9(15)20)10-3-2-8(16-17-10)11(12,13)14/h2-3H,4-7H2,1H3,(H2,15,20). The van der Waals surface area contributed by atoms with E-state index in [0.717, 1.165) is 6.07 Å². The molecule has 5 nitrogen and oxygen atoms in total. The number of aromatic nitrogens is 2. The van der Waals surface area contributed by atoms with Crippen molar-refractivity contribution in [1.82, 2.24) is 10.2 Å². The van der Waals surface area contributed by atoms with E-state index in [4.69, 9.17) is 22.7 Å². The van der Waals surface area contributed by atoms with Crippen LogP contribution in [0.4, 0.5) is 19.0 Å². The Morgan fingerprint density at radius 2 is 2.05 bits per heavy atom. The molecule has 0 unspecified atom stereocenters. The number of methoxy groups -OCH3 is 1. The van der Waals surface area contributed by atoms with E-state index >= 15 is 0 Å². The number of nitrogens with zero attached hydrogens (tertiary/aromatic N) is 3. The van der Waals surface area contributed by atoms with Gasteiger partial charge in [0.05, 0.1) is 11.6 Å². The molecule has 0 atom stereocenters. The molecule has 0 saturated carbocycles. The molecule has 0 spiro atoms. The second-order valence-corrected chi connectivity index (χ2v) is 4.50. The van der Waals surface area contributed by atoms with Crippen LogP contribution in [-0.4, -0.2) is 42.0 Å². The first-order chi connectivity index (χ1) is 9.34. The van der Waals surface area contributed by atoms with E-state index < -0.39 is 11.9 Å². The minimum Gasteiger partial charge on any atom is -0.393 e. The van der Waals surface area contributed by atoms with Crippen LogP contribution in [0.25, 0.3) is 0 Å². The van der Waals surface area contributed by atoms with Gasteiger partial charge in [-0.15, -0.1) is 10.2 Å². The van der Waals surface area contributed by atoms with E-state index in [0.29, 0.717) is 36.9 Å². The maximum atomic E-state index is 12.4. The molecule has 0 aliphatic rings. The quantitative estimate of drug-likeness (QED) is 0.772. The summed E-state index contributed by atoms with van der Waals surface area (Å²) in [7, 11) is 1.53. The minimum absolute atomic E-state index is 0.325. The highest BCUT2D eigenvalue weighted by Gasteiger charge is 2.33. The van der Waals surface area contributed by atoms with Gasteiger partial charge in [-0.1, -0.05) is 12.2 Å². The SMILES string of the molecule is COCCN(CCC(N)=S)c1ccc(C(F)(F)F)nn1. The number of rotatable bonds is 7. The molecule has 0 saturated heterocycles. The fourth-order valence-corrected chi connectivity index (χ4v) is 1.52. The van der Waals surface area contributed by atoms with Gasteiger partial charge in [0.25, 0.3) is 0 Å². The minimum atomic E-state index is -4.50. The summed E-state index contributed by atoms with van der Waals surface area (Å²) in [6, 6.07) is 2.16. The van der Waals surface area contributed by atoms with Crippen LogP contribution in [0.2, 0.25) is 0 Å². The largest absolute Gasteiger partial charge is 0.435 e. The van der Waals surface area contributed by atoms with Crippen LogP contribution in [0, 0.1) is 0 Å². The van der Waals surface area contributed by atoms with Crippen molar-refractivity contribution in [1.29, 1.82) is 0 Å². The van der Waals surface area contributed by atoms with Crippen molar-refractivity contribution in [3.05, 3.63) is 17.8 Å². The number of thiocarbonyl (C=S) groups is 1. The van der Waals surface area contributed by atoms with Gasteiger partial charge in [0.1, 0.15) is 0 Å². The third kappa shape index (κ3) is 5.25. The average Bonchev–Trinajstić information content (AvgIpc) is 2.38. The van der Waals surface area contributed by atoms with E-state index in [2.05, 4.69) is 10.2 Å². The third-order valence-corrected chi connectivity index (χ3v) is 2.66. The first-order valence-electron chi connectivity index (χ1n) is 5.77. The molecule has 1 aromatic heterocycles. The van der Waals surface area contributed by atoms with E-state index in [1.165, 1.54) is 13.2 Å². The summed E-state index contributed by atoms with van der Waals surface area (Å²) in [5.74, 6) is 0.325. The number of alkyl halides is 3. The van der Waals surface area contributed by atoms with Crippen LogP contribution in [-0.2, 0) is 10.9 Å². The Bertz CT molecular complexity index is 438. The van der Waals surface area contributed by atoms with Gasteiger partial charge in [-0.25, -0.2) is 0 Å². The molecular formula is C11H15F3N4OS. The van der Waals surface area contributed by atoms with Gasteiger partial charge in [-0.05, 0) is 12.1 Å². The molecule has 112 valence electrons. The highest BCUT2D eigenvalue weighted by molar-refractivity contribution is 7.80. The maximum absolute atomic E-state index is 12.4. The van der Waals surface area contributed by atoms with Gasteiger partial charge < -0.3 is 15.4 Å². The molecule has 2 N–H and O–H groups in total. The van der Waals surface area contributed by atoms with Crippen LogP contribution >= 0.6 is 12.2 Å². The van der Waals surface area contributed by atoms with Gasteiger partial charge in [0, 0.05) is 26.6 Å². The zero-order valence-electron chi connectivity index (χ0n) is 10.9. The lowest BCUT2D eigenvalue weighted by atomic mass is 10.3. The fourth-order valence-electron chi connectivity index (χ4n) is 1.43.